The van der Waals surface area contributed by atoms with Gasteiger partial charge in [0.25, 0.3) is 5.69 Å². The van der Waals surface area contributed by atoms with Gasteiger partial charge in [0.1, 0.15) is 11.5 Å². The molecule has 1 aliphatic rings. The maximum absolute atomic E-state index is 11.9. The average Bonchev–Trinajstić information content (AvgIpc) is 3.24. The molecule has 2 aromatic rings. The number of ether oxygens (including phenoxy) is 2. The fourth-order valence-electron chi connectivity index (χ4n) is 2.73. The molecule has 0 spiro atoms. The van der Waals surface area contributed by atoms with Crippen LogP contribution in [0.2, 0.25) is 0 Å². The molecule has 1 amide bonds. The van der Waals surface area contributed by atoms with Crippen molar-refractivity contribution in [1.82, 2.24) is 5.43 Å². The van der Waals surface area contributed by atoms with Crippen LogP contribution in [0, 0.1) is 17.0 Å². The summed E-state index contributed by atoms with van der Waals surface area (Å²) in [6.07, 6.45) is 1.34. The van der Waals surface area contributed by atoms with E-state index >= 15 is 0 Å². The van der Waals surface area contributed by atoms with E-state index in [-0.39, 0.29) is 18.0 Å². The van der Waals surface area contributed by atoms with Crippen molar-refractivity contribution in [1.29, 1.82) is 0 Å². The smallest absolute Gasteiger partial charge is 0.280 e. The highest BCUT2D eigenvalue weighted by Crippen LogP contribution is 2.31. The first kappa shape index (κ1) is 18.7. The molecule has 9 heteroatoms. The summed E-state index contributed by atoms with van der Waals surface area (Å²) >= 11 is 0. The summed E-state index contributed by atoms with van der Waals surface area (Å²) in [5.74, 6) is -0.604. The van der Waals surface area contributed by atoms with Gasteiger partial charge in [-0.2, -0.15) is 5.10 Å². The number of nitrogens with zero attached hydrogens (tertiary/aromatic N) is 2. The fourth-order valence-corrected chi connectivity index (χ4v) is 2.73. The third kappa shape index (κ3) is 4.57. The van der Waals surface area contributed by atoms with Crippen LogP contribution in [0.5, 0.6) is 0 Å². The Morgan fingerprint density at radius 1 is 1.33 bits per heavy atom. The van der Waals surface area contributed by atoms with Crippen LogP contribution >= 0.6 is 0 Å². The molecule has 0 aliphatic carbocycles. The predicted octanol–water partition coefficient (Wildman–Crippen LogP) is 2.77. The van der Waals surface area contributed by atoms with E-state index in [4.69, 9.17) is 13.9 Å². The zero-order valence-corrected chi connectivity index (χ0v) is 14.9. The van der Waals surface area contributed by atoms with E-state index in [1.54, 1.807) is 38.1 Å². The number of hydrogen-bond acceptors (Lipinski definition) is 7. The van der Waals surface area contributed by atoms with Gasteiger partial charge in [0.15, 0.2) is 5.79 Å². The van der Waals surface area contributed by atoms with Crippen LogP contribution in [-0.4, -0.2) is 36.0 Å². The Morgan fingerprint density at radius 2 is 2.07 bits per heavy atom. The van der Waals surface area contributed by atoms with E-state index in [1.807, 2.05) is 0 Å². The molecular weight excluding hydrogens is 354 g/mol. The second-order valence-corrected chi connectivity index (χ2v) is 6.28. The SMILES string of the molecule is Cc1ccc(-c2ccc(/C=N\NC(=O)CC3(C)OCCO3)o2)c([N+](=O)[O-])c1. The van der Waals surface area contributed by atoms with Crippen LogP contribution in [0.4, 0.5) is 5.69 Å². The van der Waals surface area contributed by atoms with Gasteiger partial charge in [-0.1, -0.05) is 6.07 Å². The minimum Gasteiger partial charge on any atom is -0.455 e. The lowest BCUT2D eigenvalue weighted by Crippen LogP contribution is -2.33. The molecular formula is C18H19N3O6. The Labute approximate surface area is 155 Å². The van der Waals surface area contributed by atoms with Crippen molar-refractivity contribution < 1.29 is 23.6 Å². The lowest BCUT2D eigenvalue weighted by molar-refractivity contribution is -0.384. The Morgan fingerprint density at radius 3 is 2.78 bits per heavy atom. The molecule has 0 radical (unpaired) electrons. The van der Waals surface area contributed by atoms with Crippen molar-refractivity contribution in [3.8, 4) is 11.3 Å². The quantitative estimate of drug-likeness (QED) is 0.473. The van der Waals surface area contributed by atoms with Crippen LogP contribution < -0.4 is 5.43 Å². The van der Waals surface area contributed by atoms with Crippen molar-refractivity contribution in [3.63, 3.8) is 0 Å². The molecule has 1 saturated heterocycles. The number of aryl methyl sites for hydroxylation is 1. The molecule has 0 atom stereocenters. The lowest BCUT2D eigenvalue weighted by Gasteiger charge is -2.20. The number of nitrogens with one attached hydrogen (secondary N) is 1. The highest BCUT2D eigenvalue weighted by atomic mass is 16.7. The molecule has 1 aromatic heterocycles. The van der Waals surface area contributed by atoms with E-state index in [0.29, 0.717) is 30.3 Å². The van der Waals surface area contributed by atoms with Crippen LogP contribution in [0.15, 0.2) is 39.9 Å². The molecule has 1 fully saturated rings. The van der Waals surface area contributed by atoms with Crippen LogP contribution in [0.25, 0.3) is 11.3 Å². The highest BCUT2D eigenvalue weighted by Gasteiger charge is 2.33. The largest absolute Gasteiger partial charge is 0.455 e. The molecule has 9 nitrogen and oxygen atoms in total. The van der Waals surface area contributed by atoms with E-state index in [9.17, 15) is 14.9 Å². The number of nitro benzene ring substituents is 1. The molecule has 142 valence electrons. The van der Waals surface area contributed by atoms with E-state index < -0.39 is 10.7 Å². The highest BCUT2D eigenvalue weighted by molar-refractivity contribution is 5.82. The molecule has 27 heavy (non-hydrogen) atoms. The van der Waals surface area contributed by atoms with Gasteiger partial charge in [-0.25, -0.2) is 5.43 Å². The molecule has 3 rings (SSSR count). The number of hydrogen-bond donors (Lipinski definition) is 1. The Bertz CT molecular complexity index is 883. The number of carbonyl (C=O) groups excluding carboxylic acids is 1. The topological polar surface area (TPSA) is 116 Å². The lowest BCUT2D eigenvalue weighted by atomic mass is 10.1. The standard InChI is InChI=1S/C18H19N3O6/c1-12-3-5-14(15(9-12)21(23)24)16-6-4-13(27-16)11-19-20-17(22)10-18(2)25-7-8-26-18/h3-6,9,11H,7-8,10H2,1-2H3,(H,20,22)/b19-11-. The van der Waals surface area contributed by atoms with Crippen LogP contribution in [0.3, 0.4) is 0 Å². The van der Waals surface area contributed by atoms with E-state index in [0.717, 1.165) is 5.56 Å². The van der Waals surface area contributed by atoms with Crippen LogP contribution in [0.1, 0.15) is 24.7 Å². The Hall–Kier alpha value is -3.04. The average molecular weight is 373 g/mol. The van der Waals surface area contributed by atoms with Crippen molar-refractivity contribution in [3.05, 3.63) is 51.8 Å². The number of amides is 1. The Balaban J connectivity index is 1.65. The van der Waals surface area contributed by atoms with Gasteiger partial charge in [0.2, 0.25) is 5.91 Å². The Kier molecular flexibility index (Phi) is 5.33. The summed E-state index contributed by atoms with van der Waals surface area (Å²) in [7, 11) is 0. The van der Waals surface area contributed by atoms with Gasteiger partial charge in [-0.05, 0) is 37.6 Å². The summed E-state index contributed by atoms with van der Waals surface area (Å²) in [6, 6.07) is 8.12. The van der Waals surface area contributed by atoms with Crippen molar-refractivity contribution in [2.75, 3.05) is 13.2 Å². The van der Waals surface area contributed by atoms with E-state index in [1.165, 1.54) is 12.3 Å². The maximum Gasteiger partial charge on any atom is 0.280 e. The molecule has 1 N–H and O–H groups in total. The summed E-state index contributed by atoms with van der Waals surface area (Å²) in [5.41, 5.74) is 3.49. The fraction of sp³-hybridized carbons (Fsp3) is 0.333. The monoisotopic (exact) mass is 373 g/mol. The zero-order valence-electron chi connectivity index (χ0n) is 14.9. The van der Waals surface area contributed by atoms with Gasteiger partial charge in [0.05, 0.1) is 36.3 Å². The molecule has 1 aromatic carbocycles. The molecule has 1 aliphatic heterocycles. The number of furan rings is 1. The summed E-state index contributed by atoms with van der Waals surface area (Å²) < 4.78 is 16.3. The normalized spacial score (nSPS) is 15.9. The number of benzene rings is 1. The predicted molar refractivity (Wildman–Crippen MR) is 96.2 cm³/mol. The van der Waals surface area contributed by atoms with Crippen molar-refractivity contribution in [2.24, 2.45) is 5.10 Å². The first-order valence-corrected chi connectivity index (χ1v) is 8.31. The minimum atomic E-state index is -0.929. The maximum atomic E-state index is 11.9. The third-order valence-electron chi connectivity index (χ3n) is 4.00. The number of rotatable bonds is 6. The molecule has 0 saturated carbocycles. The zero-order chi connectivity index (χ0) is 19.4. The molecule has 0 unspecified atom stereocenters. The van der Waals surface area contributed by atoms with Gasteiger partial charge in [-0.15, -0.1) is 0 Å². The van der Waals surface area contributed by atoms with E-state index in [2.05, 4.69) is 10.5 Å². The molecule has 2 heterocycles. The van der Waals surface area contributed by atoms with Crippen LogP contribution in [-0.2, 0) is 14.3 Å². The van der Waals surface area contributed by atoms with Crippen molar-refractivity contribution in [2.45, 2.75) is 26.1 Å². The minimum absolute atomic E-state index is 0.0172. The number of carbonyl (C=O) groups is 1. The second-order valence-electron chi connectivity index (χ2n) is 6.28. The summed E-state index contributed by atoms with van der Waals surface area (Å²) in [4.78, 5) is 22.7. The van der Waals surface area contributed by atoms with Gasteiger partial charge in [0, 0.05) is 6.07 Å². The van der Waals surface area contributed by atoms with Crippen molar-refractivity contribution >= 4 is 17.8 Å². The number of nitro groups is 1. The van der Waals surface area contributed by atoms with Gasteiger partial charge < -0.3 is 13.9 Å². The first-order chi connectivity index (χ1) is 12.9. The third-order valence-corrected chi connectivity index (χ3v) is 4.00. The summed E-state index contributed by atoms with van der Waals surface area (Å²) in [6.45, 7) is 4.37. The van der Waals surface area contributed by atoms with Gasteiger partial charge >= 0.3 is 0 Å². The summed E-state index contributed by atoms with van der Waals surface area (Å²) in [5, 5.41) is 15.1. The second kappa shape index (κ2) is 7.68. The van der Waals surface area contributed by atoms with Gasteiger partial charge in [-0.3, -0.25) is 14.9 Å². The molecule has 0 bridgehead atoms. The number of hydrazone groups is 1. The first-order valence-electron chi connectivity index (χ1n) is 8.31.